The van der Waals surface area contributed by atoms with Crippen molar-refractivity contribution in [3.8, 4) is 11.5 Å². The molecule has 0 radical (unpaired) electrons. The van der Waals surface area contributed by atoms with Gasteiger partial charge in [0.15, 0.2) is 5.69 Å². The smallest absolute Gasteiger partial charge is 0.276 e. The van der Waals surface area contributed by atoms with Gasteiger partial charge < -0.3 is 18.8 Å². The minimum absolute atomic E-state index is 0.197. The summed E-state index contributed by atoms with van der Waals surface area (Å²) in [4.78, 5) is 26.5. The predicted octanol–water partition coefficient (Wildman–Crippen LogP) is 1.52. The lowest BCUT2D eigenvalue weighted by Gasteiger charge is -2.42. The monoisotopic (exact) mass is 340 g/mol. The van der Waals surface area contributed by atoms with E-state index in [2.05, 4.69) is 15.0 Å². The first-order valence-corrected chi connectivity index (χ1v) is 7.90. The number of nitrogens with zero attached hydrogens (tertiary/aromatic N) is 4. The SMILES string of the molecule is CC1C(O)CN1C(=O)c1coc(Cc2ccc(-c3ncco3)cn2)n1. The Bertz CT molecular complexity index is 872. The van der Waals surface area contributed by atoms with E-state index >= 15 is 0 Å². The first-order chi connectivity index (χ1) is 12.1. The molecule has 0 aliphatic carbocycles. The van der Waals surface area contributed by atoms with Gasteiger partial charge in [0.05, 0.1) is 30.3 Å². The van der Waals surface area contributed by atoms with Crippen molar-refractivity contribution < 1.29 is 18.7 Å². The standard InChI is InChI=1S/C17H16N4O4/c1-10-14(22)8-21(10)17(23)13-9-25-15(20-13)6-12-3-2-11(7-19-12)16-18-4-5-24-16/h2-5,7,9-10,14,22H,6,8H2,1H3. The van der Waals surface area contributed by atoms with Crippen molar-refractivity contribution in [3.05, 3.63) is 54.3 Å². The van der Waals surface area contributed by atoms with Crippen LogP contribution in [-0.4, -0.2) is 49.6 Å². The number of amides is 1. The molecule has 0 saturated carbocycles. The normalized spacial score (nSPS) is 19.7. The highest BCUT2D eigenvalue weighted by molar-refractivity contribution is 5.92. The second-order valence-electron chi connectivity index (χ2n) is 5.94. The van der Waals surface area contributed by atoms with Gasteiger partial charge in [0.25, 0.3) is 5.91 Å². The number of carbonyl (C=O) groups excluding carboxylic acids is 1. The van der Waals surface area contributed by atoms with Gasteiger partial charge in [-0.3, -0.25) is 9.78 Å². The summed E-state index contributed by atoms with van der Waals surface area (Å²) in [5.74, 6) is 0.683. The summed E-state index contributed by atoms with van der Waals surface area (Å²) in [7, 11) is 0. The van der Waals surface area contributed by atoms with Crippen LogP contribution >= 0.6 is 0 Å². The van der Waals surface area contributed by atoms with E-state index in [1.807, 2.05) is 12.1 Å². The fraction of sp³-hybridized carbons (Fsp3) is 0.294. The molecule has 2 unspecified atom stereocenters. The van der Waals surface area contributed by atoms with Gasteiger partial charge in [-0.15, -0.1) is 0 Å². The third kappa shape index (κ3) is 2.91. The van der Waals surface area contributed by atoms with Crippen molar-refractivity contribution in [2.75, 3.05) is 6.54 Å². The van der Waals surface area contributed by atoms with Crippen molar-refractivity contribution in [1.82, 2.24) is 19.9 Å². The highest BCUT2D eigenvalue weighted by Gasteiger charge is 2.38. The molecule has 1 fully saturated rings. The Kier molecular flexibility index (Phi) is 3.81. The molecule has 128 valence electrons. The van der Waals surface area contributed by atoms with Gasteiger partial charge in [0.1, 0.15) is 12.5 Å². The van der Waals surface area contributed by atoms with E-state index in [1.54, 1.807) is 24.2 Å². The number of likely N-dealkylation sites (tertiary alicyclic amines) is 1. The van der Waals surface area contributed by atoms with E-state index in [-0.39, 0.29) is 17.6 Å². The molecule has 0 spiro atoms. The minimum Gasteiger partial charge on any atom is -0.448 e. The zero-order valence-electron chi connectivity index (χ0n) is 13.5. The second kappa shape index (κ2) is 6.14. The summed E-state index contributed by atoms with van der Waals surface area (Å²) >= 11 is 0. The van der Waals surface area contributed by atoms with Gasteiger partial charge in [-0.25, -0.2) is 9.97 Å². The largest absolute Gasteiger partial charge is 0.448 e. The first kappa shape index (κ1) is 15.5. The van der Waals surface area contributed by atoms with E-state index in [1.165, 1.54) is 12.5 Å². The molecule has 3 aromatic rings. The Morgan fingerprint density at radius 2 is 2.24 bits per heavy atom. The summed E-state index contributed by atoms with van der Waals surface area (Å²) in [6.07, 6.45) is 5.99. The maximum absolute atomic E-state index is 12.3. The maximum Gasteiger partial charge on any atom is 0.276 e. The number of aliphatic hydroxyl groups is 1. The third-order valence-electron chi connectivity index (χ3n) is 4.30. The van der Waals surface area contributed by atoms with Crippen molar-refractivity contribution in [1.29, 1.82) is 0 Å². The van der Waals surface area contributed by atoms with Crippen molar-refractivity contribution >= 4 is 5.91 Å². The van der Waals surface area contributed by atoms with Crippen LogP contribution in [0.15, 0.2) is 45.9 Å². The maximum atomic E-state index is 12.3. The Balaban J connectivity index is 1.43. The molecule has 0 bridgehead atoms. The van der Waals surface area contributed by atoms with E-state index in [9.17, 15) is 9.90 Å². The molecule has 1 saturated heterocycles. The minimum atomic E-state index is -0.471. The van der Waals surface area contributed by atoms with Crippen LogP contribution < -0.4 is 0 Å². The molecule has 1 aliphatic rings. The number of oxazole rings is 2. The Morgan fingerprint density at radius 1 is 1.36 bits per heavy atom. The summed E-state index contributed by atoms with van der Waals surface area (Å²) in [6, 6.07) is 3.49. The number of hydrogen-bond donors (Lipinski definition) is 1. The van der Waals surface area contributed by atoms with Gasteiger partial charge in [0.2, 0.25) is 11.8 Å². The van der Waals surface area contributed by atoms with Crippen molar-refractivity contribution in [2.24, 2.45) is 0 Å². The molecule has 0 aromatic carbocycles. The number of pyridine rings is 1. The lowest BCUT2D eigenvalue weighted by molar-refractivity contribution is -0.0360. The van der Waals surface area contributed by atoms with Gasteiger partial charge in [0, 0.05) is 18.4 Å². The van der Waals surface area contributed by atoms with Crippen molar-refractivity contribution in [2.45, 2.75) is 25.5 Å². The molecular weight excluding hydrogens is 324 g/mol. The van der Waals surface area contributed by atoms with E-state index in [0.29, 0.717) is 24.7 Å². The van der Waals surface area contributed by atoms with E-state index in [0.717, 1.165) is 11.3 Å². The second-order valence-corrected chi connectivity index (χ2v) is 5.94. The number of hydrogen-bond acceptors (Lipinski definition) is 7. The predicted molar refractivity (Wildman–Crippen MR) is 85.5 cm³/mol. The number of β-amino-alcohol motifs (C(OH)–C–C–N with tert-alkyl or cyclic N) is 1. The van der Waals surface area contributed by atoms with Crippen LogP contribution in [0.2, 0.25) is 0 Å². The average Bonchev–Trinajstić information content (AvgIpc) is 3.31. The lowest BCUT2D eigenvalue weighted by atomic mass is 10.0. The van der Waals surface area contributed by atoms with Gasteiger partial charge >= 0.3 is 0 Å². The zero-order valence-corrected chi connectivity index (χ0v) is 13.5. The quantitative estimate of drug-likeness (QED) is 0.767. The van der Waals surface area contributed by atoms with Crippen LogP contribution in [0.4, 0.5) is 0 Å². The number of rotatable bonds is 4. The topological polar surface area (TPSA) is 105 Å². The fourth-order valence-electron chi connectivity index (χ4n) is 2.67. The molecule has 8 nitrogen and oxygen atoms in total. The van der Waals surface area contributed by atoms with Crippen LogP contribution in [0.25, 0.3) is 11.5 Å². The lowest BCUT2D eigenvalue weighted by Crippen LogP contribution is -2.60. The summed E-state index contributed by atoms with van der Waals surface area (Å²) in [5, 5.41) is 9.52. The molecule has 1 amide bonds. The highest BCUT2D eigenvalue weighted by atomic mass is 16.3. The fourth-order valence-corrected chi connectivity index (χ4v) is 2.67. The van der Waals surface area contributed by atoms with Gasteiger partial charge in [-0.1, -0.05) is 0 Å². The van der Waals surface area contributed by atoms with Crippen LogP contribution in [-0.2, 0) is 6.42 Å². The molecule has 8 heteroatoms. The third-order valence-corrected chi connectivity index (χ3v) is 4.30. The highest BCUT2D eigenvalue weighted by Crippen LogP contribution is 2.21. The molecule has 4 heterocycles. The van der Waals surface area contributed by atoms with Gasteiger partial charge in [-0.05, 0) is 19.1 Å². The number of carbonyl (C=O) groups is 1. The zero-order chi connectivity index (χ0) is 17.4. The van der Waals surface area contributed by atoms with Crippen LogP contribution in [0.5, 0.6) is 0 Å². The molecule has 1 N–H and O–H groups in total. The molecule has 2 atom stereocenters. The average molecular weight is 340 g/mol. The van der Waals surface area contributed by atoms with E-state index < -0.39 is 6.10 Å². The summed E-state index contributed by atoms with van der Waals surface area (Å²) in [6.45, 7) is 2.12. The Labute approximate surface area is 143 Å². The molecule has 4 rings (SSSR count). The van der Waals surface area contributed by atoms with Crippen LogP contribution in [0.3, 0.4) is 0 Å². The van der Waals surface area contributed by atoms with E-state index in [4.69, 9.17) is 8.83 Å². The molecular formula is C17H16N4O4. The summed E-state index contributed by atoms with van der Waals surface area (Å²) in [5.41, 5.74) is 1.77. The number of aromatic nitrogens is 3. The first-order valence-electron chi connectivity index (χ1n) is 7.90. The molecule has 1 aliphatic heterocycles. The van der Waals surface area contributed by atoms with Crippen LogP contribution in [0, 0.1) is 0 Å². The van der Waals surface area contributed by atoms with Gasteiger partial charge in [-0.2, -0.15) is 0 Å². The van der Waals surface area contributed by atoms with Crippen molar-refractivity contribution in [3.63, 3.8) is 0 Å². The number of aliphatic hydroxyl groups excluding tert-OH is 1. The Morgan fingerprint density at radius 3 is 2.88 bits per heavy atom. The molecule has 3 aromatic heterocycles. The summed E-state index contributed by atoms with van der Waals surface area (Å²) < 4.78 is 10.6. The molecule has 25 heavy (non-hydrogen) atoms. The van der Waals surface area contributed by atoms with Crippen LogP contribution in [0.1, 0.15) is 29.0 Å². The Hall–Kier alpha value is -3.00.